The molecule has 2 aliphatic rings. The second-order valence-corrected chi connectivity index (χ2v) is 11.6. The van der Waals surface area contributed by atoms with Gasteiger partial charge in [0.05, 0.1) is 7.11 Å². The van der Waals surface area contributed by atoms with Gasteiger partial charge >= 0.3 is 5.97 Å². The zero-order valence-corrected chi connectivity index (χ0v) is 21.7. The molecule has 2 atom stereocenters. The molecule has 0 amide bonds. The molecule has 0 bridgehead atoms. The van der Waals surface area contributed by atoms with Crippen molar-refractivity contribution in [2.75, 3.05) is 7.11 Å². The highest BCUT2D eigenvalue weighted by molar-refractivity contribution is 9.10. The Hall–Kier alpha value is -2.38. The number of methoxy groups -OCH3 is 1. The fourth-order valence-corrected chi connectivity index (χ4v) is 6.14. The molecule has 0 fully saturated rings. The van der Waals surface area contributed by atoms with Crippen LogP contribution in [-0.2, 0) is 20.9 Å². The van der Waals surface area contributed by atoms with Crippen LogP contribution in [-0.4, -0.2) is 18.9 Å². The van der Waals surface area contributed by atoms with Crippen LogP contribution in [0.25, 0.3) is 0 Å². The molecule has 1 N–H and O–H groups in total. The van der Waals surface area contributed by atoms with Crippen molar-refractivity contribution in [3.63, 3.8) is 0 Å². The van der Waals surface area contributed by atoms with E-state index in [-0.39, 0.29) is 17.2 Å². The third kappa shape index (κ3) is 4.80. The second kappa shape index (κ2) is 9.11. The summed E-state index contributed by atoms with van der Waals surface area (Å²) in [6.07, 6.45) is 1.19. The first kappa shape index (κ1) is 23.8. The number of Topliss-reactive ketones (excluding diaryl/α,β-unsaturated/α-hetero) is 1. The van der Waals surface area contributed by atoms with E-state index in [0.717, 1.165) is 37.7 Å². The topological polar surface area (TPSA) is 64.6 Å². The number of benzene rings is 1. The SMILES string of the molecule is C=C1NC2=C(C(=O)CC(C)(C)C2)C(c2cc(COc3ccc(Br)cc3)c(C)s2)C1C(=O)OC. The molecule has 2 aromatic rings. The Bertz CT molecular complexity index is 1150. The standard InChI is InChI=1S/C26H28BrNO4S/c1-14-22(25(30)31-5)24(23-19(28-14)11-26(3,4)12-20(23)29)21-10-16(15(2)33-21)13-32-18-8-6-17(27)7-9-18/h6-10,22,24,28H,1,11-13H2,2-5H3. The van der Waals surface area contributed by atoms with Crippen LogP contribution in [0, 0.1) is 18.3 Å². The molecule has 1 aromatic carbocycles. The number of halogens is 1. The summed E-state index contributed by atoms with van der Waals surface area (Å²) in [5.41, 5.74) is 3.05. The van der Waals surface area contributed by atoms with Crippen molar-refractivity contribution < 1.29 is 19.1 Å². The van der Waals surface area contributed by atoms with Gasteiger partial charge in [-0.3, -0.25) is 9.59 Å². The Labute approximate surface area is 207 Å². The number of rotatable bonds is 5. The lowest BCUT2D eigenvalue weighted by atomic mass is 9.68. The molecule has 33 heavy (non-hydrogen) atoms. The van der Waals surface area contributed by atoms with Gasteiger partial charge in [0, 0.05) is 49.1 Å². The Kier molecular flexibility index (Phi) is 6.56. The minimum Gasteiger partial charge on any atom is -0.489 e. The number of thiophene rings is 1. The minimum atomic E-state index is -0.655. The lowest BCUT2D eigenvalue weighted by Gasteiger charge is -2.41. The van der Waals surface area contributed by atoms with E-state index in [1.54, 1.807) is 11.3 Å². The van der Waals surface area contributed by atoms with E-state index in [2.05, 4.69) is 47.7 Å². The molecule has 0 saturated carbocycles. The number of ketones is 1. The molecule has 1 aliphatic carbocycles. The van der Waals surface area contributed by atoms with Gasteiger partial charge in [0.15, 0.2) is 5.78 Å². The highest BCUT2D eigenvalue weighted by Gasteiger charge is 2.47. The predicted octanol–water partition coefficient (Wildman–Crippen LogP) is 6.03. The van der Waals surface area contributed by atoms with Gasteiger partial charge < -0.3 is 14.8 Å². The van der Waals surface area contributed by atoms with Crippen LogP contribution in [0.1, 0.15) is 47.9 Å². The molecule has 1 aromatic heterocycles. The molecule has 2 heterocycles. The average molecular weight is 530 g/mol. The molecule has 0 radical (unpaired) electrons. The molecule has 4 rings (SSSR count). The lowest BCUT2D eigenvalue weighted by Crippen LogP contribution is -2.43. The van der Waals surface area contributed by atoms with Crippen LogP contribution in [0.5, 0.6) is 5.75 Å². The Morgan fingerprint density at radius 3 is 2.64 bits per heavy atom. The van der Waals surface area contributed by atoms with E-state index < -0.39 is 11.8 Å². The predicted molar refractivity (Wildman–Crippen MR) is 133 cm³/mol. The van der Waals surface area contributed by atoms with Crippen molar-refractivity contribution in [1.82, 2.24) is 5.32 Å². The molecule has 174 valence electrons. The van der Waals surface area contributed by atoms with E-state index in [9.17, 15) is 9.59 Å². The first-order chi connectivity index (χ1) is 15.6. The van der Waals surface area contributed by atoms with Crippen LogP contribution >= 0.6 is 27.3 Å². The van der Waals surface area contributed by atoms with Crippen molar-refractivity contribution in [2.45, 2.75) is 46.1 Å². The molecule has 2 unspecified atom stereocenters. The number of carbonyl (C=O) groups is 2. The Balaban J connectivity index is 1.71. The maximum absolute atomic E-state index is 13.3. The number of ether oxygens (including phenoxy) is 2. The number of hydrogen-bond donors (Lipinski definition) is 1. The molecular formula is C26H28BrNO4S. The van der Waals surface area contributed by atoms with Crippen LogP contribution in [0.4, 0.5) is 0 Å². The van der Waals surface area contributed by atoms with Crippen molar-refractivity contribution in [2.24, 2.45) is 11.3 Å². The minimum absolute atomic E-state index is 0.0823. The smallest absolute Gasteiger partial charge is 0.315 e. The van der Waals surface area contributed by atoms with E-state index in [0.29, 0.717) is 24.3 Å². The zero-order valence-electron chi connectivity index (χ0n) is 19.3. The summed E-state index contributed by atoms with van der Waals surface area (Å²) < 4.78 is 12.1. The number of aryl methyl sites for hydroxylation is 1. The van der Waals surface area contributed by atoms with Gasteiger partial charge in [-0.1, -0.05) is 36.4 Å². The first-order valence-electron chi connectivity index (χ1n) is 10.9. The Morgan fingerprint density at radius 2 is 1.97 bits per heavy atom. The molecule has 5 nitrogen and oxygen atoms in total. The molecule has 7 heteroatoms. The molecule has 0 spiro atoms. The lowest BCUT2D eigenvalue weighted by molar-refractivity contribution is -0.144. The van der Waals surface area contributed by atoms with E-state index >= 15 is 0 Å². The third-order valence-electron chi connectivity index (χ3n) is 6.26. The van der Waals surface area contributed by atoms with E-state index in [1.807, 2.05) is 31.2 Å². The summed E-state index contributed by atoms with van der Waals surface area (Å²) >= 11 is 5.03. The Morgan fingerprint density at radius 1 is 1.27 bits per heavy atom. The number of hydrogen-bond acceptors (Lipinski definition) is 6. The number of allylic oxidation sites excluding steroid dienone is 2. The van der Waals surface area contributed by atoms with Gasteiger partial charge in [0.2, 0.25) is 0 Å². The summed E-state index contributed by atoms with van der Waals surface area (Å²) in [5.74, 6) is -0.589. The van der Waals surface area contributed by atoms with Gasteiger partial charge in [0.25, 0.3) is 0 Å². The summed E-state index contributed by atoms with van der Waals surface area (Å²) in [6, 6.07) is 9.77. The molecule has 0 saturated heterocycles. The maximum Gasteiger partial charge on any atom is 0.315 e. The fourth-order valence-electron chi connectivity index (χ4n) is 4.69. The van der Waals surface area contributed by atoms with Gasteiger partial charge in [-0.2, -0.15) is 0 Å². The second-order valence-electron chi connectivity index (χ2n) is 9.43. The van der Waals surface area contributed by atoms with Gasteiger partial charge in [-0.25, -0.2) is 0 Å². The highest BCUT2D eigenvalue weighted by atomic mass is 79.9. The largest absolute Gasteiger partial charge is 0.489 e. The van der Waals surface area contributed by atoms with Crippen molar-refractivity contribution >= 4 is 39.0 Å². The van der Waals surface area contributed by atoms with Gasteiger partial charge in [-0.15, -0.1) is 11.3 Å². The third-order valence-corrected chi connectivity index (χ3v) is 7.96. The quantitative estimate of drug-likeness (QED) is 0.479. The van der Waals surface area contributed by atoms with Crippen molar-refractivity contribution in [3.05, 3.63) is 73.7 Å². The normalized spacial score (nSPS) is 22.0. The van der Waals surface area contributed by atoms with Crippen molar-refractivity contribution in [1.29, 1.82) is 0 Å². The summed E-state index contributed by atoms with van der Waals surface area (Å²) in [6.45, 7) is 10.8. The summed E-state index contributed by atoms with van der Waals surface area (Å²) in [7, 11) is 1.37. The van der Waals surface area contributed by atoms with Gasteiger partial charge in [-0.05, 0) is 49.1 Å². The highest BCUT2D eigenvalue weighted by Crippen LogP contribution is 2.49. The average Bonchev–Trinajstić information content (AvgIpc) is 3.11. The number of carbonyl (C=O) groups excluding carboxylic acids is 2. The van der Waals surface area contributed by atoms with E-state index in [4.69, 9.17) is 9.47 Å². The zero-order chi connectivity index (χ0) is 23.9. The van der Waals surface area contributed by atoms with Crippen LogP contribution in [0.2, 0.25) is 0 Å². The van der Waals surface area contributed by atoms with E-state index in [1.165, 1.54) is 7.11 Å². The monoisotopic (exact) mass is 529 g/mol. The summed E-state index contributed by atoms with van der Waals surface area (Å²) in [5, 5.41) is 3.28. The molecule has 1 aliphatic heterocycles. The first-order valence-corrected chi connectivity index (χ1v) is 12.5. The van der Waals surface area contributed by atoms with Crippen molar-refractivity contribution in [3.8, 4) is 5.75 Å². The maximum atomic E-state index is 13.3. The van der Waals surface area contributed by atoms with Gasteiger partial charge in [0.1, 0.15) is 18.3 Å². The van der Waals surface area contributed by atoms with Crippen LogP contribution in [0.15, 0.2) is 58.4 Å². The van der Waals surface area contributed by atoms with Crippen LogP contribution in [0.3, 0.4) is 0 Å². The number of esters is 1. The van der Waals surface area contributed by atoms with Crippen LogP contribution < -0.4 is 10.1 Å². The summed E-state index contributed by atoms with van der Waals surface area (Å²) in [4.78, 5) is 28.2. The number of nitrogens with one attached hydrogen (secondary N) is 1. The fraction of sp³-hybridized carbons (Fsp3) is 0.385. The molecular weight excluding hydrogens is 502 g/mol.